The Bertz CT molecular complexity index is 1010. The normalized spacial score (nSPS) is 15.1. The third-order valence-corrected chi connectivity index (χ3v) is 7.38. The number of para-hydroxylation sites is 1. The number of anilines is 1. The van der Waals surface area contributed by atoms with Crippen LogP contribution in [0, 0.1) is 13.8 Å². The van der Waals surface area contributed by atoms with E-state index in [1.165, 1.54) is 49.3 Å². The molecule has 2 aromatic carbocycles. The second kappa shape index (κ2) is 11.7. The van der Waals surface area contributed by atoms with Crippen LogP contribution < -0.4 is 9.62 Å². The molecular weight excluding hydrogens is 434 g/mol. The highest BCUT2D eigenvalue weighted by Gasteiger charge is 2.21. The summed E-state index contributed by atoms with van der Waals surface area (Å²) in [7, 11) is -3.46. The van der Waals surface area contributed by atoms with Crippen molar-refractivity contribution in [2.45, 2.75) is 52.5 Å². The minimum Gasteiger partial charge on any atom is -0.352 e. The van der Waals surface area contributed by atoms with Crippen LogP contribution >= 0.6 is 0 Å². The van der Waals surface area contributed by atoms with Crippen LogP contribution in [-0.2, 0) is 16.6 Å². The highest BCUT2D eigenvalue weighted by molar-refractivity contribution is 7.92. The van der Waals surface area contributed by atoms with Crippen LogP contribution in [0.3, 0.4) is 0 Å². The van der Waals surface area contributed by atoms with Crippen molar-refractivity contribution in [1.29, 1.82) is 0 Å². The van der Waals surface area contributed by atoms with Gasteiger partial charge in [0, 0.05) is 12.1 Å². The molecule has 0 unspecified atom stereocenters. The molecule has 180 valence electrons. The smallest absolute Gasteiger partial charge is 0.251 e. The summed E-state index contributed by atoms with van der Waals surface area (Å²) in [5.41, 5.74) is 3.96. The molecule has 1 saturated heterocycles. The molecule has 0 atom stereocenters. The summed E-state index contributed by atoms with van der Waals surface area (Å²) in [6.07, 6.45) is 7.39. The first-order valence-electron chi connectivity index (χ1n) is 11.9. The Labute approximate surface area is 199 Å². The molecule has 0 bridgehead atoms. The molecular formula is C26H37N3O3S. The van der Waals surface area contributed by atoms with E-state index in [1.807, 2.05) is 44.2 Å². The third kappa shape index (κ3) is 7.30. The zero-order valence-electron chi connectivity index (χ0n) is 20.1. The first-order valence-corrected chi connectivity index (χ1v) is 13.7. The van der Waals surface area contributed by atoms with E-state index in [9.17, 15) is 13.2 Å². The minimum atomic E-state index is -3.46. The molecule has 3 rings (SSSR count). The first-order chi connectivity index (χ1) is 15.8. The van der Waals surface area contributed by atoms with Gasteiger partial charge in [0.15, 0.2) is 0 Å². The number of amides is 1. The topological polar surface area (TPSA) is 69.7 Å². The third-order valence-electron chi connectivity index (χ3n) is 6.27. The van der Waals surface area contributed by atoms with E-state index in [0.29, 0.717) is 17.8 Å². The van der Waals surface area contributed by atoms with Gasteiger partial charge in [-0.2, -0.15) is 0 Å². The number of rotatable bonds is 9. The van der Waals surface area contributed by atoms with E-state index < -0.39 is 10.0 Å². The second-order valence-corrected chi connectivity index (χ2v) is 11.0. The molecule has 7 heteroatoms. The number of sulfonamides is 1. The lowest BCUT2D eigenvalue weighted by Crippen LogP contribution is -2.31. The van der Waals surface area contributed by atoms with E-state index in [4.69, 9.17) is 0 Å². The van der Waals surface area contributed by atoms with Gasteiger partial charge in [0.1, 0.15) is 0 Å². The van der Waals surface area contributed by atoms with Gasteiger partial charge in [0.05, 0.1) is 18.5 Å². The van der Waals surface area contributed by atoms with Gasteiger partial charge < -0.3 is 10.2 Å². The SMILES string of the molecule is Cc1cccc(C)c1N(Cc1ccc(C(=O)NCCCN2CCCCCC2)cc1)S(C)(=O)=O. The molecule has 1 fully saturated rings. The Balaban J connectivity index is 1.57. The molecule has 0 radical (unpaired) electrons. The number of aryl methyl sites for hydroxylation is 2. The predicted molar refractivity (Wildman–Crippen MR) is 135 cm³/mol. The number of carbonyl (C=O) groups is 1. The van der Waals surface area contributed by atoms with Gasteiger partial charge in [0.2, 0.25) is 10.0 Å². The van der Waals surface area contributed by atoms with Crippen molar-refractivity contribution in [3.05, 3.63) is 64.7 Å². The first kappa shape index (κ1) is 25.2. The molecule has 2 aromatic rings. The van der Waals surface area contributed by atoms with Crippen molar-refractivity contribution >= 4 is 21.6 Å². The molecule has 0 spiro atoms. The largest absolute Gasteiger partial charge is 0.352 e. The van der Waals surface area contributed by atoms with Crippen LogP contribution in [0.25, 0.3) is 0 Å². The monoisotopic (exact) mass is 471 g/mol. The van der Waals surface area contributed by atoms with Gasteiger partial charge in [-0.3, -0.25) is 9.10 Å². The molecule has 1 aliphatic heterocycles. The fourth-order valence-corrected chi connectivity index (χ4v) is 5.46. The van der Waals surface area contributed by atoms with Gasteiger partial charge >= 0.3 is 0 Å². The van der Waals surface area contributed by atoms with Gasteiger partial charge in [0.25, 0.3) is 5.91 Å². The zero-order chi connectivity index (χ0) is 23.8. The molecule has 1 amide bonds. The number of nitrogens with zero attached hydrogens (tertiary/aromatic N) is 2. The Hall–Kier alpha value is -2.38. The zero-order valence-corrected chi connectivity index (χ0v) is 21.0. The summed E-state index contributed by atoms with van der Waals surface area (Å²) in [6.45, 7) is 8.08. The van der Waals surface area contributed by atoms with Crippen molar-refractivity contribution in [3.63, 3.8) is 0 Å². The number of carbonyl (C=O) groups excluding carboxylic acids is 1. The number of hydrogen-bond acceptors (Lipinski definition) is 4. The predicted octanol–water partition coefficient (Wildman–Crippen LogP) is 4.27. The molecule has 1 N–H and O–H groups in total. The number of hydrogen-bond donors (Lipinski definition) is 1. The van der Waals surface area contributed by atoms with Crippen molar-refractivity contribution in [1.82, 2.24) is 10.2 Å². The van der Waals surface area contributed by atoms with E-state index in [1.54, 1.807) is 12.1 Å². The maximum absolute atomic E-state index is 12.6. The lowest BCUT2D eigenvalue weighted by Gasteiger charge is -2.26. The van der Waals surface area contributed by atoms with Crippen LogP contribution in [0.4, 0.5) is 5.69 Å². The fraction of sp³-hybridized carbons (Fsp3) is 0.500. The van der Waals surface area contributed by atoms with Crippen LogP contribution in [-0.4, -0.2) is 51.7 Å². The molecule has 6 nitrogen and oxygen atoms in total. The standard InChI is InChI=1S/C26H37N3O3S/c1-21-10-8-11-22(2)25(21)29(33(3,31)32)20-23-12-14-24(15-13-23)26(30)27-16-9-19-28-17-6-4-5-7-18-28/h8,10-15H,4-7,9,16-20H2,1-3H3,(H,27,30). The van der Waals surface area contributed by atoms with Crippen LogP contribution in [0.1, 0.15) is 59.2 Å². The van der Waals surface area contributed by atoms with E-state index in [-0.39, 0.29) is 12.5 Å². The molecule has 1 aliphatic rings. The Morgan fingerprint density at radius 1 is 0.970 bits per heavy atom. The average molecular weight is 472 g/mol. The number of likely N-dealkylation sites (tertiary alicyclic amines) is 1. The Kier molecular flexibility index (Phi) is 8.92. The maximum Gasteiger partial charge on any atom is 0.251 e. The van der Waals surface area contributed by atoms with Gasteiger partial charge in [-0.15, -0.1) is 0 Å². The van der Waals surface area contributed by atoms with E-state index >= 15 is 0 Å². The molecule has 0 saturated carbocycles. The highest BCUT2D eigenvalue weighted by Crippen LogP contribution is 2.28. The summed E-state index contributed by atoms with van der Waals surface area (Å²) in [5.74, 6) is -0.0906. The van der Waals surface area contributed by atoms with Gasteiger partial charge in [-0.25, -0.2) is 8.42 Å². The Morgan fingerprint density at radius 2 is 1.58 bits per heavy atom. The highest BCUT2D eigenvalue weighted by atomic mass is 32.2. The lowest BCUT2D eigenvalue weighted by atomic mass is 10.1. The Morgan fingerprint density at radius 3 is 2.15 bits per heavy atom. The second-order valence-electron chi connectivity index (χ2n) is 9.07. The number of nitrogens with one attached hydrogen (secondary N) is 1. The minimum absolute atomic E-state index is 0.0906. The molecule has 33 heavy (non-hydrogen) atoms. The van der Waals surface area contributed by atoms with Gasteiger partial charge in [-0.1, -0.05) is 43.2 Å². The molecule has 0 aromatic heterocycles. The van der Waals surface area contributed by atoms with E-state index in [2.05, 4.69) is 10.2 Å². The molecule has 0 aliphatic carbocycles. The average Bonchev–Trinajstić information content (AvgIpc) is 3.04. The van der Waals surface area contributed by atoms with Crippen molar-refractivity contribution in [3.8, 4) is 0 Å². The fourth-order valence-electron chi connectivity index (χ4n) is 4.45. The summed E-state index contributed by atoms with van der Waals surface area (Å²) in [4.78, 5) is 15.0. The van der Waals surface area contributed by atoms with Crippen molar-refractivity contribution in [2.75, 3.05) is 36.7 Å². The van der Waals surface area contributed by atoms with Gasteiger partial charge in [-0.05, 0) is 81.6 Å². The summed E-state index contributed by atoms with van der Waals surface area (Å²) in [6, 6.07) is 13.0. The summed E-state index contributed by atoms with van der Waals surface area (Å²) >= 11 is 0. The van der Waals surface area contributed by atoms with E-state index in [0.717, 1.165) is 29.7 Å². The lowest BCUT2D eigenvalue weighted by molar-refractivity contribution is 0.0951. The van der Waals surface area contributed by atoms with Crippen LogP contribution in [0.2, 0.25) is 0 Å². The summed E-state index contributed by atoms with van der Waals surface area (Å²) in [5, 5.41) is 3.01. The summed E-state index contributed by atoms with van der Waals surface area (Å²) < 4.78 is 26.5. The van der Waals surface area contributed by atoms with Crippen molar-refractivity contribution in [2.24, 2.45) is 0 Å². The maximum atomic E-state index is 12.6. The van der Waals surface area contributed by atoms with Crippen LogP contribution in [0.15, 0.2) is 42.5 Å². The van der Waals surface area contributed by atoms with Crippen molar-refractivity contribution < 1.29 is 13.2 Å². The quantitative estimate of drug-likeness (QED) is 0.555. The molecule has 1 heterocycles. The van der Waals surface area contributed by atoms with Crippen LogP contribution in [0.5, 0.6) is 0 Å². The number of benzene rings is 2.